The van der Waals surface area contributed by atoms with Gasteiger partial charge in [0, 0.05) is 0 Å². The zero-order valence-corrected chi connectivity index (χ0v) is 12.0. The first kappa shape index (κ1) is 16.1. The molecule has 7 nitrogen and oxygen atoms in total. The first-order valence-corrected chi connectivity index (χ1v) is 7.59. The van der Waals surface area contributed by atoms with Crippen LogP contribution >= 0.6 is 0 Å². The molecule has 0 fully saturated rings. The van der Waals surface area contributed by atoms with Crippen LogP contribution in [0, 0.1) is 6.92 Å². The second-order valence-electron chi connectivity index (χ2n) is 3.44. The quantitative estimate of drug-likeness (QED) is 0.589. The van der Waals surface area contributed by atoms with E-state index in [0.717, 1.165) is 5.56 Å². The van der Waals surface area contributed by atoms with E-state index in [9.17, 15) is 12.6 Å². The second-order valence-corrected chi connectivity index (χ2v) is 5.71. The molecule has 1 N–H and O–H groups in total. The van der Waals surface area contributed by atoms with Crippen molar-refractivity contribution in [1.82, 2.24) is 0 Å². The van der Waals surface area contributed by atoms with E-state index in [1.165, 1.54) is 7.11 Å². The molecule has 0 radical (unpaired) electrons. The molecule has 108 valence electrons. The number of ether oxygens (including phenoxy) is 1. The minimum absolute atomic E-state index is 0.239. The molecule has 0 aliphatic rings. The minimum Gasteiger partial charge on any atom is -0.496 e. The Morgan fingerprint density at radius 3 is 2.53 bits per heavy atom. The van der Waals surface area contributed by atoms with Crippen molar-refractivity contribution in [3.8, 4) is 5.75 Å². The van der Waals surface area contributed by atoms with Gasteiger partial charge >= 0.3 is 10.4 Å². The Kier molecular flexibility index (Phi) is 5.88. The van der Waals surface area contributed by atoms with Gasteiger partial charge in [-0.15, -0.1) is 0 Å². The van der Waals surface area contributed by atoms with Crippen molar-refractivity contribution in [2.45, 2.75) is 11.8 Å². The Hall–Kier alpha value is -1.00. The lowest BCUT2D eigenvalue weighted by Crippen LogP contribution is -2.11. The van der Waals surface area contributed by atoms with E-state index in [0.29, 0.717) is 10.6 Å². The SMILES string of the molecule is COc1ccc(S(=O)OCCOS(=O)(=O)O)cc1C. The van der Waals surface area contributed by atoms with Gasteiger partial charge in [0.15, 0.2) is 11.1 Å². The first-order valence-electron chi connectivity index (χ1n) is 5.15. The third kappa shape index (κ3) is 5.66. The molecular weight excluding hydrogens is 296 g/mol. The van der Waals surface area contributed by atoms with E-state index in [2.05, 4.69) is 4.18 Å². The molecule has 0 aromatic heterocycles. The molecule has 9 heteroatoms. The summed E-state index contributed by atoms with van der Waals surface area (Å²) < 4.78 is 54.5. The standard InChI is InChI=1S/C10H14O7S2/c1-8-7-9(3-4-10(8)15-2)18(11)16-5-6-17-19(12,13)14/h3-4,7H,5-6H2,1-2H3,(H,12,13,14). The zero-order chi connectivity index (χ0) is 14.5. The van der Waals surface area contributed by atoms with E-state index in [1.807, 2.05) is 0 Å². The summed E-state index contributed by atoms with van der Waals surface area (Å²) >= 11 is -1.74. The zero-order valence-electron chi connectivity index (χ0n) is 10.4. The fourth-order valence-electron chi connectivity index (χ4n) is 1.27. The molecule has 1 rings (SSSR count). The van der Waals surface area contributed by atoms with E-state index in [4.69, 9.17) is 13.5 Å². The summed E-state index contributed by atoms with van der Waals surface area (Å²) in [5.41, 5.74) is 0.797. The van der Waals surface area contributed by atoms with Crippen LogP contribution in [-0.2, 0) is 29.8 Å². The summed E-state index contributed by atoms with van der Waals surface area (Å²) in [6.07, 6.45) is 0. The van der Waals surface area contributed by atoms with Crippen LogP contribution < -0.4 is 4.74 Å². The Labute approximate surface area is 114 Å². The summed E-state index contributed by atoms with van der Waals surface area (Å²) in [5, 5.41) is 0. The molecule has 0 bridgehead atoms. The normalized spacial score (nSPS) is 13.2. The predicted molar refractivity (Wildman–Crippen MR) is 67.6 cm³/mol. The summed E-state index contributed by atoms with van der Waals surface area (Å²) in [5.74, 6) is 0.662. The van der Waals surface area contributed by atoms with Gasteiger partial charge < -0.3 is 4.74 Å². The smallest absolute Gasteiger partial charge is 0.397 e. The lowest BCUT2D eigenvalue weighted by atomic mass is 10.2. The van der Waals surface area contributed by atoms with E-state index < -0.39 is 28.1 Å². The Morgan fingerprint density at radius 1 is 1.32 bits per heavy atom. The molecule has 0 amide bonds. The fraction of sp³-hybridized carbons (Fsp3) is 0.400. The molecule has 1 aromatic rings. The number of methoxy groups -OCH3 is 1. The van der Waals surface area contributed by atoms with Crippen LogP contribution in [-0.4, -0.2) is 37.5 Å². The van der Waals surface area contributed by atoms with Crippen LogP contribution in [0.5, 0.6) is 5.75 Å². The maximum atomic E-state index is 11.7. The Bertz CT molecular complexity index is 553. The number of rotatable bonds is 7. The summed E-state index contributed by atoms with van der Waals surface area (Å²) in [6, 6.07) is 4.87. The van der Waals surface area contributed by atoms with Gasteiger partial charge in [-0.25, -0.2) is 8.39 Å². The molecule has 0 heterocycles. The molecule has 0 aliphatic heterocycles. The number of hydrogen-bond donors (Lipinski definition) is 1. The molecule has 0 saturated carbocycles. The average Bonchev–Trinajstić information content (AvgIpc) is 2.33. The summed E-state index contributed by atoms with van der Waals surface area (Å²) in [7, 11) is -2.97. The lowest BCUT2D eigenvalue weighted by Gasteiger charge is -2.07. The molecule has 1 aromatic carbocycles. The maximum absolute atomic E-state index is 11.7. The van der Waals surface area contributed by atoms with Crippen molar-refractivity contribution in [3.05, 3.63) is 23.8 Å². The van der Waals surface area contributed by atoms with Crippen molar-refractivity contribution in [2.75, 3.05) is 20.3 Å². The first-order chi connectivity index (χ1) is 8.83. The molecule has 0 spiro atoms. The monoisotopic (exact) mass is 310 g/mol. The topological polar surface area (TPSA) is 99.1 Å². The third-order valence-electron chi connectivity index (χ3n) is 2.06. The molecule has 1 unspecified atom stereocenters. The van der Waals surface area contributed by atoms with Gasteiger partial charge in [-0.2, -0.15) is 8.42 Å². The van der Waals surface area contributed by atoms with Crippen molar-refractivity contribution >= 4 is 21.5 Å². The van der Waals surface area contributed by atoms with Crippen LogP contribution in [0.25, 0.3) is 0 Å². The molecule has 1 atom stereocenters. The highest BCUT2D eigenvalue weighted by Gasteiger charge is 2.09. The largest absolute Gasteiger partial charge is 0.496 e. The minimum atomic E-state index is -4.50. The predicted octanol–water partition coefficient (Wildman–Crippen LogP) is 0.862. The van der Waals surface area contributed by atoms with Gasteiger partial charge in [-0.05, 0) is 30.7 Å². The van der Waals surface area contributed by atoms with Crippen LogP contribution in [0.15, 0.2) is 23.1 Å². The molecule has 0 saturated heterocycles. The maximum Gasteiger partial charge on any atom is 0.397 e. The van der Waals surface area contributed by atoms with Gasteiger partial charge in [0.1, 0.15) is 5.75 Å². The van der Waals surface area contributed by atoms with E-state index in [1.54, 1.807) is 25.1 Å². The Morgan fingerprint density at radius 2 is 2.00 bits per heavy atom. The van der Waals surface area contributed by atoms with Gasteiger partial charge in [-0.3, -0.25) is 8.74 Å². The Balaban J connectivity index is 2.52. The fourth-order valence-corrected chi connectivity index (χ4v) is 2.36. The summed E-state index contributed by atoms with van der Waals surface area (Å²) in [6.45, 7) is 1.14. The van der Waals surface area contributed by atoms with Crippen LogP contribution in [0.4, 0.5) is 0 Å². The second kappa shape index (κ2) is 6.96. The molecule has 19 heavy (non-hydrogen) atoms. The average molecular weight is 310 g/mol. The third-order valence-corrected chi connectivity index (χ3v) is 3.55. The van der Waals surface area contributed by atoms with Gasteiger partial charge in [0.2, 0.25) is 0 Å². The number of aryl methyl sites for hydroxylation is 1. The van der Waals surface area contributed by atoms with Crippen molar-refractivity contribution < 1.29 is 30.3 Å². The summed E-state index contributed by atoms with van der Waals surface area (Å²) in [4.78, 5) is 0.421. The number of benzene rings is 1. The van der Waals surface area contributed by atoms with E-state index in [-0.39, 0.29) is 6.61 Å². The molecule has 0 aliphatic carbocycles. The van der Waals surface area contributed by atoms with Crippen LogP contribution in [0.1, 0.15) is 5.56 Å². The van der Waals surface area contributed by atoms with Crippen molar-refractivity contribution in [2.24, 2.45) is 0 Å². The van der Waals surface area contributed by atoms with E-state index >= 15 is 0 Å². The lowest BCUT2D eigenvalue weighted by molar-refractivity contribution is 0.212. The van der Waals surface area contributed by atoms with Crippen LogP contribution in [0.2, 0.25) is 0 Å². The van der Waals surface area contributed by atoms with Gasteiger partial charge in [0.25, 0.3) is 0 Å². The number of hydrogen-bond acceptors (Lipinski definition) is 6. The van der Waals surface area contributed by atoms with Crippen molar-refractivity contribution in [1.29, 1.82) is 0 Å². The molecular formula is C10H14O7S2. The highest BCUT2D eigenvalue weighted by molar-refractivity contribution is 7.81. The van der Waals surface area contributed by atoms with Crippen molar-refractivity contribution in [3.63, 3.8) is 0 Å². The highest BCUT2D eigenvalue weighted by atomic mass is 32.3. The van der Waals surface area contributed by atoms with Gasteiger partial charge in [-0.1, -0.05) is 0 Å². The van der Waals surface area contributed by atoms with Crippen LogP contribution in [0.3, 0.4) is 0 Å². The highest BCUT2D eigenvalue weighted by Crippen LogP contribution is 2.20. The van der Waals surface area contributed by atoms with Gasteiger partial charge in [0.05, 0.1) is 25.2 Å².